The number of aromatic hydroxyl groups is 1. The molecule has 0 aliphatic heterocycles. The molecule has 0 saturated carbocycles. The van der Waals surface area contributed by atoms with Crippen LogP contribution in [0.25, 0.3) is 11.3 Å². The number of halogens is 3. The molecular formula is C16H16F3N3O2. The summed E-state index contributed by atoms with van der Waals surface area (Å²) in [6, 6.07) is 3.33. The van der Waals surface area contributed by atoms with Crippen molar-refractivity contribution in [3.8, 4) is 23.1 Å². The second kappa shape index (κ2) is 7.64. The van der Waals surface area contributed by atoms with Gasteiger partial charge in [-0.3, -0.25) is 4.79 Å². The summed E-state index contributed by atoms with van der Waals surface area (Å²) in [6.45, 7) is 3.36. The van der Waals surface area contributed by atoms with Gasteiger partial charge < -0.3 is 5.11 Å². The highest BCUT2D eigenvalue weighted by Crippen LogP contribution is 2.29. The van der Waals surface area contributed by atoms with Gasteiger partial charge in [0.1, 0.15) is 23.5 Å². The molecule has 0 fully saturated rings. The third kappa shape index (κ3) is 3.40. The van der Waals surface area contributed by atoms with E-state index in [4.69, 9.17) is 5.26 Å². The Kier molecular flexibility index (Phi) is 6.12. The van der Waals surface area contributed by atoms with Gasteiger partial charge in [0.25, 0.3) is 5.56 Å². The summed E-state index contributed by atoms with van der Waals surface area (Å²) in [5.74, 6) is -1.67. The van der Waals surface area contributed by atoms with Crippen molar-refractivity contribution in [2.75, 3.05) is 0 Å². The number of aryl methyl sites for hydroxylation is 1. The Labute approximate surface area is 136 Å². The number of nitrogens with zero attached hydrogens (tertiary/aromatic N) is 3. The zero-order valence-electron chi connectivity index (χ0n) is 13.6. The summed E-state index contributed by atoms with van der Waals surface area (Å²) >= 11 is 0. The first-order valence-corrected chi connectivity index (χ1v) is 7.08. The van der Waals surface area contributed by atoms with Gasteiger partial charge in [0.15, 0.2) is 0 Å². The highest BCUT2D eigenvalue weighted by atomic mass is 19.3. The van der Waals surface area contributed by atoms with Crippen LogP contribution in [0, 0.1) is 31.0 Å². The molecule has 24 heavy (non-hydrogen) atoms. The maximum absolute atomic E-state index is 14.0. The molecule has 0 atom stereocenters. The number of phenols is 1. The molecule has 1 aromatic heterocycles. The highest BCUT2D eigenvalue weighted by molar-refractivity contribution is 5.67. The Bertz CT molecular complexity index is 855. The minimum Gasteiger partial charge on any atom is -0.507 e. The average Bonchev–Trinajstić information content (AvgIpc) is 2.54. The molecule has 128 valence electrons. The van der Waals surface area contributed by atoms with Gasteiger partial charge in [0.2, 0.25) is 0 Å². The van der Waals surface area contributed by atoms with Crippen molar-refractivity contribution in [3.63, 3.8) is 0 Å². The van der Waals surface area contributed by atoms with E-state index in [9.17, 15) is 23.1 Å². The number of benzene rings is 1. The van der Waals surface area contributed by atoms with Crippen LogP contribution in [0.1, 0.15) is 37.3 Å². The van der Waals surface area contributed by atoms with E-state index in [2.05, 4.69) is 4.98 Å². The molecule has 1 heterocycles. The van der Waals surface area contributed by atoms with E-state index in [0.717, 1.165) is 12.1 Å². The van der Waals surface area contributed by atoms with Gasteiger partial charge in [0, 0.05) is 11.1 Å². The van der Waals surface area contributed by atoms with Crippen LogP contribution in [-0.2, 0) is 0 Å². The third-order valence-electron chi connectivity index (χ3n) is 3.17. The molecule has 0 aliphatic carbocycles. The second-order valence-corrected chi connectivity index (χ2v) is 4.55. The van der Waals surface area contributed by atoms with E-state index in [1.165, 1.54) is 13.8 Å². The molecular weight excluding hydrogens is 323 g/mol. The van der Waals surface area contributed by atoms with Crippen molar-refractivity contribution in [2.45, 2.75) is 34.2 Å². The fourth-order valence-corrected chi connectivity index (χ4v) is 2.05. The van der Waals surface area contributed by atoms with Crippen LogP contribution in [0.5, 0.6) is 5.75 Å². The highest BCUT2D eigenvalue weighted by Gasteiger charge is 2.21. The van der Waals surface area contributed by atoms with E-state index < -0.39 is 23.7 Å². The van der Waals surface area contributed by atoms with Gasteiger partial charge in [-0.1, -0.05) is 13.8 Å². The maximum atomic E-state index is 14.0. The fraction of sp³-hybridized carbons (Fsp3) is 0.312. The lowest BCUT2D eigenvalue weighted by atomic mass is 10.0. The molecule has 1 N–H and O–H groups in total. The first-order chi connectivity index (χ1) is 11.3. The second-order valence-electron chi connectivity index (χ2n) is 4.55. The molecule has 0 aliphatic rings. The van der Waals surface area contributed by atoms with Crippen LogP contribution in [0.3, 0.4) is 0 Å². The van der Waals surface area contributed by atoms with Crippen LogP contribution in [0.4, 0.5) is 13.2 Å². The molecule has 0 unspecified atom stereocenters. The first-order valence-electron chi connectivity index (χ1n) is 7.08. The number of aromatic nitrogens is 2. The minimum atomic E-state index is -3.06. The van der Waals surface area contributed by atoms with E-state index in [1.807, 2.05) is 13.8 Å². The first kappa shape index (κ1) is 19.2. The fourth-order valence-electron chi connectivity index (χ4n) is 2.05. The SMILES string of the molecule is CC.Cc1c(-c2cc(O)c(C#N)cc2F)nc(C)n(C(F)F)c1=O. The van der Waals surface area contributed by atoms with E-state index >= 15 is 0 Å². The smallest absolute Gasteiger partial charge is 0.322 e. The van der Waals surface area contributed by atoms with E-state index in [0.29, 0.717) is 0 Å². The standard InChI is InChI=1S/C14H10F3N3O2.C2H6/c1-6-12(19-7(2)20(13(6)22)14(16)17)9-4-11(21)8(5-18)3-10(9)15;1-2/h3-4,14,21H,1-2H3;1-2H3. The van der Waals surface area contributed by atoms with Crippen molar-refractivity contribution >= 4 is 0 Å². The molecule has 2 aromatic rings. The molecule has 8 heteroatoms. The largest absolute Gasteiger partial charge is 0.507 e. The molecule has 1 aromatic carbocycles. The molecule has 5 nitrogen and oxygen atoms in total. The summed E-state index contributed by atoms with van der Waals surface area (Å²) in [6.07, 6.45) is 0. The van der Waals surface area contributed by atoms with Crippen LogP contribution < -0.4 is 5.56 Å². The lowest BCUT2D eigenvalue weighted by Gasteiger charge is -2.13. The van der Waals surface area contributed by atoms with Gasteiger partial charge >= 0.3 is 6.55 Å². The number of hydrogen-bond acceptors (Lipinski definition) is 4. The number of rotatable bonds is 2. The maximum Gasteiger partial charge on any atom is 0.322 e. The van der Waals surface area contributed by atoms with Crippen LogP contribution in [0.2, 0.25) is 0 Å². The molecule has 0 radical (unpaired) electrons. The van der Waals surface area contributed by atoms with Crippen molar-refractivity contribution in [1.29, 1.82) is 5.26 Å². The number of alkyl halides is 2. The van der Waals surface area contributed by atoms with Gasteiger partial charge in [-0.15, -0.1) is 0 Å². The quantitative estimate of drug-likeness (QED) is 0.905. The third-order valence-corrected chi connectivity index (χ3v) is 3.17. The van der Waals surface area contributed by atoms with Crippen molar-refractivity contribution in [1.82, 2.24) is 9.55 Å². The summed E-state index contributed by atoms with van der Waals surface area (Å²) in [5, 5.41) is 18.3. The van der Waals surface area contributed by atoms with Gasteiger partial charge in [0.05, 0.1) is 11.3 Å². The van der Waals surface area contributed by atoms with Crippen LogP contribution in [0.15, 0.2) is 16.9 Å². The molecule has 0 amide bonds. The number of hydrogen-bond donors (Lipinski definition) is 1. The Morgan fingerprint density at radius 3 is 2.38 bits per heavy atom. The predicted octanol–water partition coefficient (Wildman–Crippen LogP) is 3.66. The summed E-state index contributed by atoms with van der Waals surface area (Å²) in [5.41, 5.74) is -1.86. The lowest BCUT2D eigenvalue weighted by Crippen LogP contribution is -2.27. The normalized spacial score (nSPS) is 10.1. The number of nitriles is 1. The Morgan fingerprint density at radius 1 is 1.29 bits per heavy atom. The van der Waals surface area contributed by atoms with Crippen LogP contribution in [-0.4, -0.2) is 14.7 Å². The van der Waals surface area contributed by atoms with Gasteiger partial charge in [-0.25, -0.2) is 13.9 Å². The summed E-state index contributed by atoms with van der Waals surface area (Å²) in [7, 11) is 0. The predicted molar refractivity (Wildman–Crippen MR) is 82.3 cm³/mol. The molecule has 0 spiro atoms. The summed E-state index contributed by atoms with van der Waals surface area (Å²) in [4.78, 5) is 15.8. The molecule has 0 saturated heterocycles. The Balaban J connectivity index is 0.00000139. The minimum absolute atomic E-state index is 0.156. The number of phenolic OH excluding ortho intramolecular Hbond substituents is 1. The average molecular weight is 339 g/mol. The Morgan fingerprint density at radius 2 is 1.88 bits per heavy atom. The van der Waals surface area contributed by atoms with Crippen molar-refractivity contribution in [3.05, 3.63) is 45.3 Å². The van der Waals surface area contributed by atoms with Crippen molar-refractivity contribution < 1.29 is 18.3 Å². The topological polar surface area (TPSA) is 78.9 Å². The molecule has 2 rings (SSSR count). The van der Waals surface area contributed by atoms with Gasteiger partial charge in [-0.2, -0.15) is 14.0 Å². The van der Waals surface area contributed by atoms with E-state index in [-0.39, 0.29) is 32.8 Å². The van der Waals surface area contributed by atoms with Crippen LogP contribution >= 0.6 is 0 Å². The zero-order chi connectivity index (χ0) is 18.6. The van der Waals surface area contributed by atoms with Crippen molar-refractivity contribution in [2.24, 2.45) is 0 Å². The van der Waals surface area contributed by atoms with Gasteiger partial charge in [-0.05, 0) is 26.0 Å². The summed E-state index contributed by atoms with van der Waals surface area (Å²) < 4.78 is 39.9. The monoisotopic (exact) mass is 339 g/mol. The zero-order valence-corrected chi connectivity index (χ0v) is 13.6. The van der Waals surface area contributed by atoms with E-state index in [1.54, 1.807) is 6.07 Å². The lowest BCUT2D eigenvalue weighted by molar-refractivity contribution is 0.0625. The molecule has 0 bridgehead atoms. The Hall–Kier alpha value is -2.82.